The van der Waals surface area contributed by atoms with Gasteiger partial charge >= 0.3 is 5.69 Å². The van der Waals surface area contributed by atoms with Gasteiger partial charge in [0.05, 0.1) is 0 Å². The number of para-hydroxylation sites is 1. The van der Waals surface area contributed by atoms with Crippen LogP contribution in [0.5, 0.6) is 5.75 Å². The number of H-pyrrole nitrogens is 1. The Labute approximate surface area is 80.6 Å². The smallest absolute Gasteiger partial charge is 0.342 e. The van der Waals surface area contributed by atoms with E-state index < -0.39 is 0 Å². The summed E-state index contributed by atoms with van der Waals surface area (Å²) < 4.78 is 1.22. The van der Waals surface area contributed by atoms with Crippen LogP contribution < -0.4 is 5.69 Å². The van der Waals surface area contributed by atoms with Crippen LogP contribution >= 0.6 is 0 Å². The average molecular weight is 193 g/mol. The van der Waals surface area contributed by atoms with Crippen molar-refractivity contribution in [1.29, 1.82) is 0 Å². The fourth-order valence-electron chi connectivity index (χ4n) is 0.745. The van der Waals surface area contributed by atoms with Crippen LogP contribution in [-0.4, -0.2) is 19.9 Å². The fourth-order valence-corrected chi connectivity index (χ4v) is 0.745. The van der Waals surface area contributed by atoms with Gasteiger partial charge in [-0.05, 0) is 12.1 Å². The molecule has 14 heavy (non-hydrogen) atoms. The number of phenolic OH excluding ortho intramolecular Hbond substituents is 1. The zero-order valence-electron chi connectivity index (χ0n) is 7.71. The summed E-state index contributed by atoms with van der Waals surface area (Å²) in [5.74, 6) is 0.322. The highest BCUT2D eigenvalue weighted by molar-refractivity contribution is 5.18. The summed E-state index contributed by atoms with van der Waals surface area (Å²) in [5, 5.41) is 12.2. The molecule has 0 radical (unpaired) electrons. The maximum absolute atomic E-state index is 10.3. The van der Waals surface area contributed by atoms with Crippen molar-refractivity contribution in [2.75, 3.05) is 0 Å². The lowest BCUT2D eigenvalue weighted by molar-refractivity contribution is 0.475. The molecule has 0 atom stereocenters. The Morgan fingerprint density at radius 1 is 1.36 bits per heavy atom. The summed E-state index contributed by atoms with van der Waals surface area (Å²) in [6.07, 6.45) is 1.35. The van der Waals surface area contributed by atoms with Gasteiger partial charge in [0, 0.05) is 7.05 Å². The molecule has 2 aromatic rings. The zero-order chi connectivity index (χ0) is 10.4. The van der Waals surface area contributed by atoms with E-state index in [1.165, 1.54) is 11.0 Å². The molecule has 74 valence electrons. The van der Waals surface area contributed by atoms with Gasteiger partial charge in [-0.15, -0.1) is 0 Å². The molecule has 5 nitrogen and oxygen atoms in total. The van der Waals surface area contributed by atoms with Crippen LogP contribution in [-0.2, 0) is 7.05 Å². The topological polar surface area (TPSA) is 70.9 Å². The third-order valence-electron chi connectivity index (χ3n) is 1.47. The Morgan fingerprint density at radius 2 is 2.00 bits per heavy atom. The van der Waals surface area contributed by atoms with Gasteiger partial charge in [0.1, 0.15) is 12.1 Å². The molecule has 0 bridgehead atoms. The SMILES string of the molecule is Cn1nc[nH]c1=O.Oc1ccccc1. The number of hydrogen-bond acceptors (Lipinski definition) is 3. The molecule has 1 heterocycles. The molecule has 1 aromatic heterocycles. The van der Waals surface area contributed by atoms with E-state index in [4.69, 9.17) is 5.11 Å². The minimum absolute atomic E-state index is 0.181. The lowest BCUT2D eigenvalue weighted by Gasteiger charge is -1.82. The van der Waals surface area contributed by atoms with E-state index in [9.17, 15) is 4.79 Å². The molecule has 0 saturated heterocycles. The van der Waals surface area contributed by atoms with Crippen molar-refractivity contribution >= 4 is 0 Å². The van der Waals surface area contributed by atoms with Crippen molar-refractivity contribution in [3.63, 3.8) is 0 Å². The Morgan fingerprint density at radius 3 is 2.21 bits per heavy atom. The number of nitrogens with one attached hydrogen (secondary N) is 1. The van der Waals surface area contributed by atoms with Gasteiger partial charge < -0.3 is 5.11 Å². The minimum Gasteiger partial charge on any atom is -0.508 e. The molecule has 0 spiro atoms. The number of aromatic hydroxyl groups is 1. The lowest BCUT2D eigenvalue weighted by atomic mass is 10.3. The van der Waals surface area contributed by atoms with E-state index in [1.54, 1.807) is 31.3 Å². The predicted octanol–water partition coefficient (Wildman–Crippen LogP) is 0.501. The summed E-state index contributed by atoms with van der Waals surface area (Å²) in [5.41, 5.74) is -0.181. The number of aromatic nitrogens is 3. The monoisotopic (exact) mass is 193 g/mol. The second-order valence-corrected chi connectivity index (χ2v) is 2.55. The largest absolute Gasteiger partial charge is 0.508 e. The first-order valence-corrected chi connectivity index (χ1v) is 4.01. The predicted molar refractivity (Wildman–Crippen MR) is 51.9 cm³/mol. The first-order chi connectivity index (χ1) is 6.70. The second-order valence-electron chi connectivity index (χ2n) is 2.55. The molecule has 2 rings (SSSR count). The van der Waals surface area contributed by atoms with Crippen LogP contribution in [0, 0.1) is 0 Å². The molecule has 0 unspecified atom stereocenters. The van der Waals surface area contributed by atoms with Crippen LogP contribution in [0.2, 0.25) is 0 Å². The summed E-state index contributed by atoms with van der Waals surface area (Å²) in [6.45, 7) is 0. The highest BCUT2D eigenvalue weighted by Gasteiger charge is 1.82. The quantitative estimate of drug-likeness (QED) is 0.640. The lowest BCUT2D eigenvalue weighted by Crippen LogP contribution is -2.12. The zero-order valence-corrected chi connectivity index (χ0v) is 7.71. The van der Waals surface area contributed by atoms with E-state index in [1.807, 2.05) is 6.07 Å². The van der Waals surface area contributed by atoms with Crippen molar-refractivity contribution in [2.45, 2.75) is 0 Å². The van der Waals surface area contributed by atoms with Crippen LogP contribution in [0.4, 0.5) is 0 Å². The van der Waals surface area contributed by atoms with Gasteiger partial charge in [0.2, 0.25) is 0 Å². The van der Waals surface area contributed by atoms with Gasteiger partial charge in [-0.1, -0.05) is 18.2 Å². The van der Waals surface area contributed by atoms with E-state index in [-0.39, 0.29) is 5.69 Å². The highest BCUT2D eigenvalue weighted by atomic mass is 16.3. The van der Waals surface area contributed by atoms with Crippen molar-refractivity contribution < 1.29 is 5.11 Å². The molecule has 0 aliphatic heterocycles. The normalized spacial score (nSPS) is 8.93. The van der Waals surface area contributed by atoms with Crippen LogP contribution in [0.3, 0.4) is 0 Å². The van der Waals surface area contributed by atoms with Gasteiger partial charge in [-0.3, -0.25) is 4.98 Å². The number of aryl methyl sites for hydroxylation is 1. The summed E-state index contributed by atoms with van der Waals surface area (Å²) in [6, 6.07) is 8.71. The molecule has 0 amide bonds. The molecule has 2 N–H and O–H groups in total. The maximum Gasteiger partial charge on any atom is 0.342 e. The van der Waals surface area contributed by atoms with E-state index >= 15 is 0 Å². The number of aromatic amines is 1. The molecule has 0 saturated carbocycles. The minimum atomic E-state index is -0.181. The first kappa shape index (κ1) is 10.0. The molecular formula is C9H11N3O2. The van der Waals surface area contributed by atoms with Crippen molar-refractivity contribution in [3.8, 4) is 5.75 Å². The molecular weight excluding hydrogens is 182 g/mol. The molecule has 0 fully saturated rings. The number of benzene rings is 1. The summed E-state index contributed by atoms with van der Waals surface area (Å²) >= 11 is 0. The van der Waals surface area contributed by atoms with Crippen LogP contribution in [0.1, 0.15) is 0 Å². The van der Waals surface area contributed by atoms with Crippen LogP contribution in [0.15, 0.2) is 41.5 Å². The van der Waals surface area contributed by atoms with E-state index in [2.05, 4.69) is 10.1 Å². The van der Waals surface area contributed by atoms with Gasteiger partial charge in [-0.2, -0.15) is 5.10 Å². The van der Waals surface area contributed by atoms with Crippen molar-refractivity contribution in [3.05, 3.63) is 47.1 Å². The van der Waals surface area contributed by atoms with Gasteiger partial charge in [0.25, 0.3) is 0 Å². The standard InChI is InChI=1S/C6H6O.C3H5N3O/c7-6-4-2-1-3-5-6;1-6-3(7)4-2-5-6/h1-5,7H;2H,1H3,(H,4,5,7). The maximum atomic E-state index is 10.3. The number of phenols is 1. The number of nitrogens with zero attached hydrogens (tertiary/aromatic N) is 2. The Balaban J connectivity index is 0.000000140. The molecule has 1 aromatic carbocycles. The highest BCUT2D eigenvalue weighted by Crippen LogP contribution is 2.02. The molecule has 0 aliphatic carbocycles. The molecule has 5 heteroatoms. The summed E-state index contributed by atoms with van der Waals surface area (Å²) in [4.78, 5) is 12.6. The third-order valence-corrected chi connectivity index (χ3v) is 1.47. The van der Waals surface area contributed by atoms with Crippen molar-refractivity contribution in [2.24, 2.45) is 7.05 Å². The number of rotatable bonds is 0. The Kier molecular flexibility index (Phi) is 3.49. The van der Waals surface area contributed by atoms with Gasteiger partial charge in [0.15, 0.2) is 0 Å². The molecule has 0 aliphatic rings. The van der Waals surface area contributed by atoms with E-state index in [0.29, 0.717) is 5.75 Å². The Hall–Kier alpha value is -2.04. The van der Waals surface area contributed by atoms with Crippen LogP contribution in [0.25, 0.3) is 0 Å². The fraction of sp³-hybridized carbons (Fsp3) is 0.111. The van der Waals surface area contributed by atoms with Gasteiger partial charge in [-0.25, -0.2) is 9.48 Å². The van der Waals surface area contributed by atoms with E-state index in [0.717, 1.165) is 0 Å². The first-order valence-electron chi connectivity index (χ1n) is 4.01. The number of hydrogen-bond donors (Lipinski definition) is 2. The van der Waals surface area contributed by atoms with Crippen molar-refractivity contribution in [1.82, 2.24) is 14.8 Å². The third kappa shape index (κ3) is 3.14. The summed E-state index contributed by atoms with van der Waals surface area (Å²) in [7, 11) is 1.58. The average Bonchev–Trinajstić information content (AvgIpc) is 2.53. The Bertz CT molecular complexity index is 419. The second kappa shape index (κ2) is 4.86.